The Bertz CT molecular complexity index is 636. The van der Waals surface area contributed by atoms with E-state index in [4.69, 9.17) is 5.11 Å². The van der Waals surface area contributed by atoms with Crippen molar-refractivity contribution < 1.29 is 27.9 Å². The van der Waals surface area contributed by atoms with Gasteiger partial charge in [-0.1, -0.05) is 0 Å². The van der Waals surface area contributed by atoms with Crippen molar-refractivity contribution in [3.8, 4) is 0 Å². The Kier molecular flexibility index (Phi) is 5.47. The predicted octanol–water partition coefficient (Wildman–Crippen LogP) is -1.24. The maximum atomic E-state index is 12.0. The molecule has 0 bridgehead atoms. The molecule has 21 heavy (non-hydrogen) atoms. The van der Waals surface area contributed by atoms with Crippen molar-refractivity contribution in [1.29, 1.82) is 0 Å². The molecular formula is C11H17N3O6S. The first kappa shape index (κ1) is 17.1. The van der Waals surface area contributed by atoms with E-state index in [1.54, 1.807) is 0 Å². The number of carboxylic acids is 1. The molecule has 1 heterocycles. The van der Waals surface area contributed by atoms with E-state index < -0.39 is 34.5 Å². The molecule has 10 heteroatoms. The van der Waals surface area contributed by atoms with Crippen LogP contribution in [0.2, 0.25) is 0 Å². The standard InChI is InChI=1S/C11H17N3O6S/c1-12-10(15)8-4-7(6-14(8)2)21(18,19)13-5-9(20-3)11(16)17/h4,6,9,13H,5H2,1-3H3,(H,12,15)(H,16,17). The highest BCUT2D eigenvalue weighted by Gasteiger charge is 2.23. The first-order valence-corrected chi connectivity index (χ1v) is 7.35. The number of aliphatic carboxylic acids is 1. The van der Waals surface area contributed by atoms with Crippen LogP contribution in [0.5, 0.6) is 0 Å². The highest BCUT2D eigenvalue weighted by atomic mass is 32.2. The van der Waals surface area contributed by atoms with Crippen molar-refractivity contribution in [1.82, 2.24) is 14.6 Å². The monoisotopic (exact) mass is 319 g/mol. The fourth-order valence-corrected chi connectivity index (χ4v) is 2.68. The molecule has 0 saturated carbocycles. The number of methoxy groups -OCH3 is 1. The minimum Gasteiger partial charge on any atom is -0.479 e. The van der Waals surface area contributed by atoms with Crippen LogP contribution >= 0.6 is 0 Å². The van der Waals surface area contributed by atoms with E-state index in [1.165, 1.54) is 38.0 Å². The molecule has 9 nitrogen and oxygen atoms in total. The van der Waals surface area contributed by atoms with Gasteiger partial charge in [-0.15, -0.1) is 0 Å². The van der Waals surface area contributed by atoms with Crippen LogP contribution in [-0.2, 0) is 26.6 Å². The fraction of sp³-hybridized carbons (Fsp3) is 0.455. The number of aryl methyl sites for hydroxylation is 1. The Morgan fingerprint density at radius 2 is 2.10 bits per heavy atom. The van der Waals surface area contributed by atoms with Crippen LogP contribution < -0.4 is 10.0 Å². The maximum Gasteiger partial charge on any atom is 0.334 e. The summed E-state index contributed by atoms with van der Waals surface area (Å²) in [6, 6.07) is 1.20. The first-order chi connectivity index (χ1) is 9.72. The molecule has 1 atom stereocenters. The van der Waals surface area contributed by atoms with Gasteiger partial charge in [0.2, 0.25) is 10.0 Å². The zero-order valence-corrected chi connectivity index (χ0v) is 12.6. The average Bonchev–Trinajstić information content (AvgIpc) is 2.81. The number of hydrogen-bond acceptors (Lipinski definition) is 5. The number of ether oxygens (including phenoxy) is 1. The fourth-order valence-electron chi connectivity index (χ4n) is 1.58. The zero-order valence-electron chi connectivity index (χ0n) is 11.8. The van der Waals surface area contributed by atoms with Gasteiger partial charge in [0.1, 0.15) is 10.6 Å². The van der Waals surface area contributed by atoms with Gasteiger partial charge >= 0.3 is 5.97 Å². The van der Waals surface area contributed by atoms with E-state index in [2.05, 4.69) is 14.8 Å². The average molecular weight is 319 g/mol. The van der Waals surface area contributed by atoms with Gasteiger partial charge in [0.25, 0.3) is 5.91 Å². The molecule has 0 aromatic carbocycles. The van der Waals surface area contributed by atoms with Crippen molar-refractivity contribution in [2.75, 3.05) is 20.7 Å². The number of rotatable bonds is 7. The molecular weight excluding hydrogens is 302 g/mol. The molecule has 3 N–H and O–H groups in total. The number of nitrogens with one attached hydrogen (secondary N) is 2. The molecule has 1 aromatic heterocycles. The molecule has 0 aliphatic heterocycles. The summed E-state index contributed by atoms with van der Waals surface area (Å²) >= 11 is 0. The van der Waals surface area contributed by atoms with Gasteiger partial charge < -0.3 is 19.7 Å². The Balaban J connectivity index is 2.94. The van der Waals surface area contributed by atoms with Gasteiger partial charge in [-0.2, -0.15) is 0 Å². The summed E-state index contributed by atoms with van der Waals surface area (Å²) in [7, 11) is 0.184. The van der Waals surface area contributed by atoms with Crippen LogP contribution in [0.25, 0.3) is 0 Å². The second kappa shape index (κ2) is 6.70. The third kappa shape index (κ3) is 4.03. The van der Waals surface area contributed by atoms with Crippen LogP contribution in [-0.4, -0.2) is 56.8 Å². The van der Waals surface area contributed by atoms with E-state index in [9.17, 15) is 18.0 Å². The highest BCUT2D eigenvalue weighted by Crippen LogP contribution is 2.13. The topological polar surface area (TPSA) is 127 Å². The summed E-state index contributed by atoms with van der Waals surface area (Å²) in [4.78, 5) is 22.1. The number of carboxylic acid groups (broad SMARTS) is 1. The van der Waals surface area contributed by atoms with E-state index in [1.807, 2.05) is 0 Å². The molecule has 1 aromatic rings. The van der Waals surface area contributed by atoms with Gasteiger partial charge in [0.05, 0.1) is 0 Å². The van der Waals surface area contributed by atoms with Crippen molar-refractivity contribution in [3.63, 3.8) is 0 Å². The van der Waals surface area contributed by atoms with Crippen LogP contribution in [0.3, 0.4) is 0 Å². The second-order valence-corrected chi connectivity index (χ2v) is 5.93. The summed E-state index contributed by atoms with van der Waals surface area (Å²) in [5.41, 5.74) is 0.166. The number of aromatic nitrogens is 1. The third-order valence-electron chi connectivity index (χ3n) is 2.77. The Hall–Kier alpha value is -1.91. The molecule has 0 aliphatic rings. The predicted molar refractivity (Wildman–Crippen MR) is 72.4 cm³/mol. The van der Waals surface area contributed by atoms with Gasteiger partial charge in [0.15, 0.2) is 6.10 Å². The Labute approximate surface area is 121 Å². The van der Waals surface area contributed by atoms with E-state index in [0.717, 1.165) is 0 Å². The molecule has 0 radical (unpaired) electrons. The number of carbonyl (C=O) groups excluding carboxylic acids is 1. The number of sulfonamides is 1. The lowest BCUT2D eigenvalue weighted by Gasteiger charge is -2.11. The lowest BCUT2D eigenvalue weighted by Crippen LogP contribution is -2.37. The number of carbonyl (C=O) groups is 2. The van der Waals surface area contributed by atoms with Crippen molar-refractivity contribution in [3.05, 3.63) is 18.0 Å². The summed E-state index contributed by atoms with van der Waals surface area (Å²) in [5, 5.41) is 11.2. The largest absolute Gasteiger partial charge is 0.479 e. The van der Waals surface area contributed by atoms with E-state index in [-0.39, 0.29) is 10.6 Å². The third-order valence-corrected chi connectivity index (χ3v) is 4.16. The highest BCUT2D eigenvalue weighted by molar-refractivity contribution is 7.89. The van der Waals surface area contributed by atoms with Crippen LogP contribution in [0.4, 0.5) is 0 Å². The lowest BCUT2D eigenvalue weighted by molar-refractivity contribution is -0.147. The first-order valence-electron chi connectivity index (χ1n) is 5.86. The van der Waals surface area contributed by atoms with Gasteiger partial charge in [0, 0.05) is 33.9 Å². The SMILES string of the molecule is CNC(=O)c1cc(S(=O)(=O)NCC(OC)C(=O)O)cn1C. The molecule has 1 amide bonds. The number of amides is 1. The zero-order chi connectivity index (χ0) is 16.2. The van der Waals surface area contributed by atoms with Crippen LogP contribution in [0.15, 0.2) is 17.2 Å². The van der Waals surface area contributed by atoms with Crippen molar-refractivity contribution >= 4 is 21.9 Å². The lowest BCUT2D eigenvalue weighted by atomic mass is 10.4. The van der Waals surface area contributed by atoms with E-state index in [0.29, 0.717) is 0 Å². The van der Waals surface area contributed by atoms with Crippen molar-refractivity contribution in [2.45, 2.75) is 11.0 Å². The minimum absolute atomic E-state index is 0.135. The summed E-state index contributed by atoms with van der Waals surface area (Å²) in [6.45, 7) is -0.418. The molecule has 118 valence electrons. The molecule has 0 saturated heterocycles. The summed E-state index contributed by atoms with van der Waals surface area (Å²) in [6.07, 6.45) is -0.0305. The van der Waals surface area contributed by atoms with Crippen LogP contribution in [0, 0.1) is 0 Å². The van der Waals surface area contributed by atoms with Crippen LogP contribution in [0.1, 0.15) is 10.5 Å². The van der Waals surface area contributed by atoms with Gasteiger partial charge in [-0.3, -0.25) is 4.79 Å². The Morgan fingerprint density at radius 3 is 2.57 bits per heavy atom. The van der Waals surface area contributed by atoms with Gasteiger partial charge in [-0.25, -0.2) is 17.9 Å². The minimum atomic E-state index is -3.94. The molecule has 1 rings (SSSR count). The molecule has 0 aliphatic carbocycles. The Morgan fingerprint density at radius 1 is 1.48 bits per heavy atom. The second-order valence-electron chi connectivity index (χ2n) is 4.17. The smallest absolute Gasteiger partial charge is 0.334 e. The maximum absolute atomic E-state index is 12.0. The van der Waals surface area contributed by atoms with Gasteiger partial charge in [-0.05, 0) is 6.07 Å². The summed E-state index contributed by atoms with van der Waals surface area (Å²) < 4.78 is 32.2. The molecule has 1 unspecified atom stereocenters. The molecule has 0 fully saturated rings. The van der Waals surface area contributed by atoms with E-state index >= 15 is 0 Å². The number of nitrogens with zero attached hydrogens (tertiary/aromatic N) is 1. The van der Waals surface area contributed by atoms with Crippen molar-refractivity contribution in [2.24, 2.45) is 7.05 Å². The normalized spacial score (nSPS) is 12.9. The summed E-state index contributed by atoms with van der Waals surface area (Å²) in [5.74, 6) is -1.71. The quantitative estimate of drug-likeness (QED) is 0.577. The molecule has 0 spiro atoms. The number of hydrogen-bond donors (Lipinski definition) is 3.